The van der Waals surface area contributed by atoms with Crippen LogP contribution in [0.2, 0.25) is 0 Å². The normalized spacial score (nSPS) is 10.5. The number of amides is 2. The van der Waals surface area contributed by atoms with Crippen molar-refractivity contribution in [1.82, 2.24) is 10.6 Å². The highest BCUT2D eigenvalue weighted by Gasteiger charge is 2.31. The van der Waals surface area contributed by atoms with Crippen molar-refractivity contribution < 1.29 is 43.2 Å². The lowest BCUT2D eigenvalue weighted by molar-refractivity contribution is -0.139. The molecule has 0 aromatic heterocycles. The third-order valence-electron chi connectivity index (χ3n) is 4.01. The number of hydrogen-bond acceptors (Lipinski definition) is 9. The molecule has 0 aromatic carbocycles. The Labute approximate surface area is 181 Å². The summed E-state index contributed by atoms with van der Waals surface area (Å²) in [5, 5.41) is 14.5. The van der Waals surface area contributed by atoms with Crippen molar-refractivity contribution in [3.05, 3.63) is 24.3 Å². The maximum absolute atomic E-state index is 11.8. The topological polar surface area (TPSA) is 149 Å². The Morgan fingerprint density at radius 2 is 1.19 bits per heavy atom. The highest BCUT2D eigenvalue weighted by molar-refractivity contribution is 5.87. The van der Waals surface area contributed by atoms with Crippen LogP contribution in [-0.2, 0) is 28.5 Å². The van der Waals surface area contributed by atoms with Crippen LogP contribution >= 0.6 is 0 Å². The highest BCUT2D eigenvalue weighted by Crippen LogP contribution is 2.22. The molecule has 0 spiro atoms. The van der Waals surface area contributed by atoms with Crippen molar-refractivity contribution in [1.29, 1.82) is 0 Å². The molecular formula is C20H32N2O9. The molecule has 0 saturated heterocycles. The number of hydrogen-bond donors (Lipinski definition) is 3. The zero-order valence-electron chi connectivity index (χ0n) is 18.3. The van der Waals surface area contributed by atoms with Gasteiger partial charge in [0, 0.05) is 11.1 Å². The molecule has 0 aliphatic rings. The van der Waals surface area contributed by atoms with Crippen LogP contribution < -0.4 is 10.6 Å². The lowest BCUT2D eigenvalue weighted by Gasteiger charge is -2.29. The minimum atomic E-state index is -0.993. The minimum Gasteiger partial charge on any atom is -0.460 e. The van der Waals surface area contributed by atoms with Gasteiger partial charge in [0.1, 0.15) is 26.4 Å². The first kappa shape index (κ1) is 27.9. The van der Waals surface area contributed by atoms with Crippen molar-refractivity contribution in [3.63, 3.8) is 0 Å². The van der Waals surface area contributed by atoms with Gasteiger partial charge in [0.25, 0.3) is 0 Å². The van der Waals surface area contributed by atoms with Gasteiger partial charge in [-0.05, 0) is 20.3 Å². The van der Waals surface area contributed by atoms with Crippen molar-refractivity contribution in [3.8, 4) is 0 Å². The molecule has 0 aromatic rings. The molecule has 0 heterocycles. The van der Waals surface area contributed by atoms with Gasteiger partial charge < -0.3 is 34.7 Å². The van der Waals surface area contributed by atoms with E-state index in [4.69, 9.17) is 18.9 Å². The van der Waals surface area contributed by atoms with Crippen LogP contribution in [0.15, 0.2) is 24.3 Å². The molecule has 3 N–H and O–H groups in total. The van der Waals surface area contributed by atoms with E-state index in [9.17, 15) is 24.3 Å². The third kappa shape index (κ3) is 12.3. The Morgan fingerprint density at radius 1 is 0.806 bits per heavy atom. The van der Waals surface area contributed by atoms with E-state index >= 15 is 0 Å². The van der Waals surface area contributed by atoms with E-state index in [1.165, 1.54) is 13.8 Å². The van der Waals surface area contributed by atoms with Gasteiger partial charge >= 0.3 is 24.1 Å². The molecule has 0 rings (SSSR count). The predicted molar refractivity (Wildman–Crippen MR) is 110 cm³/mol. The molecule has 2 amide bonds. The fraction of sp³-hybridized carbons (Fsp3) is 0.600. The molecule has 11 heteroatoms. The van der Waals surface area contributed by atoms with Crippen LogP contribution in [-0.4, -0.2) is 75.4 Å². The van der Waals surface area contributed by atoms with Gasteiger partial charge in [-0.1, -0.05) is 20.1 Å². The van der Waals surface area contributed by atoms with Gasteiger partial charge in [-0.3, -0.25) is 0 Å². The smallest absolute Gasteiger partial charge is 0.407 e. The Morgan fingerprint density at radius 3 is 1.48 bits per heavy atom. The van der Waals surface area contributed by atoms with Crippen LogP contribution in [0, 0.1) is 5.41 Å². The third-order valence-corrected chi connectivity index (χ3v) is 4.01. The second kappa shape index (κ2) is 14.8. The van der Waals surface area contributed by atoms with Gasteiger partial charge in [0.15, 0.2) is 0 Å². The summed E-state index contributed by atoms with van der Waals surface area (Å²) in [6.07, 6.45) is -1.20. The van der Waals surface area contributed by atoms with E-state index < -0.39 is 36.1 Å². The molecule has 0 bridgehead atoms. The summed E-state index contributed by atoms with van der Waals surface area (Å²) >= 11 is 0. The summed E-state index contributed by atoms with van der Waals surface area (Å²) in [6.45, 7) is 10.8. The summed E-state index contributed by atoms with van der Waals surface area (Å²) in [7, 11) is 0. The Kier molecular flexibility index (Phi) is 13.4. The molecule has 11 nitrogen and oxygen atoms in total. The molecule has 0 atom stereocenters. The molecule has 0 radical (unpaired) electrons. The molecule has 0 saturated carbocycles. The SMILES string of the molecule is C=C(C)C(=O)OCCNC(=O)OCC(CC)(CO)COC(=O)NCCOC(=O)C(=C)C. The van der Waals surface area contributed by atoms with Crippen molar-refractivity contribution >= 4 is 24.1 Å². The van der Waals surface area contributed by atoms with E-state index in [-0.39, 0.29) is 50.7 Å². The summed E-state index contributed by atoms with van der Waals surface area (Å²) < 4.78 is 19.8. The lowest BCUT2D eigenvalue weighted by Crippen LogP contribution is -2.41. The zero-order valence-corrected chi connectivity index (χ0v) is 18.3. The maximum atomic E-state index is 11.8. The van der Waals surface area contributed by atoms with Gasteiger partial charge in [0.05, 0.1) is 25.1 Å². The van der Waals surface area contributed by atoms with Gasteiger partial charge in [-0.15, -0.1) is 0 Å². The maximum Gasteiger partial charge on any atom is 0.407 e. The summed E-state index contributed by atoms with van der Waals surface area (Å²) in [5.41, 5.74) is -0.501. The predicted octanol–water partition coefficient (Wildman–Crippen LogP) is 1.07. The van der Waals surface area contributed by atoms with Crippen molar-refractivity contribution in [2.75, 3.05) is 46.1 Å². The fourth-order valence-corrected chi connectivity index (χ4v) is 1.83. The first-order chi connectivity index (χ1) is 14.6. The molecule has 176 valence electrons. The number of aliphatic hydroxyl groups is 1. The van der Waals surface area contributed by atoms with Crippen LogP contribution in [0.1, 0.15) is 27.2 Å². The molecule has 0 fully saturated rings. The van der Waals surface area contributed by atoms with E-state index in [1.807, 2.05) is 0 Å². The Bertz CT molecular complexity index is 605. The molecule has 31 heavy (non-hydrogen) atoms. The van der Waals surface area contributed by atoms with E-state index in [2.05, 4.69) is 23.8 Å². The fourth-order valence-electron chi connectivity index (χ4n) is 1.83. The summed E-state index contributed by atoms with van der Waals surface area (Å²) in [4.78, 5) is 46.0. The summed E-state index contributed by atoms with van der Waals surface area (Å²) in [5.74, 6) is -1.13. The first-order valence-corrected chi connectivity index (χ1v) is 9.64. The second-order valence-corrected chi connectivity index (χ2v) is 6.85. The molecule has 0 unspecified atom stereocenters. The molecular weight excluding hydrogens is 412 g/mol. The average Bonchev–Trinajstić information content (AvgIpc) is 2.74. The number of ether oxygens (including phenoxy) is 4. The van der Waals surface area contributed by atoms with Crippen LogP contribution in [0.4, 0.5) is 9.59 Å². The lowest BCUT2D eigenvalue weighted by atomic mass is 9.88. The first-order valence-electron chi connectivity index (χ1n) is 9.64. The van der Waals surface area contributed by atoms with Gasteiger partial charge in [-0.25, -0.2) is 19.2 Å². The van der Waals surface area contributed by atoms with E-state index in [1.54, 1.807) is 6.92 Å². The van der Waals surface area contributed by atoms with Crippen molar-refractivity contribution in [2.24, 2.45) is 5.41 Å². The average molecular weight is 444 g/mol. The quantitative estimate of drug-likeness (QED) is 0.155. The number of nitrogens with one attached hydrogen (secondary N) is 2. The summed E-state index contributed by atoms with van der Waals surface area (Å²) in [6, 6.07) is 0. The van der Waals surface area contributed by atoms with Crippen LogP contribution in [0.25, 0.3) is 0 Å². The number of carbonyl (C=O) groups excluding carboxylic acids is 4. The number of esters is 2. The van der Waals surface area contributed by atoms with Crippen LogP contribution in [0.3, 0.4) is 0 Å². The Balaban J connectivity index is 4.27. The number of rotatable bonds is 14. The second-order valence-electron chi connectivity index (χ2n) is 6.85. The highest BCUT2D eigenvalue weighted by atomic mass is 16.6. The monoisotopic (exact) mass is 444 g/mol. The zero-order chi connectivity index (χ0) is 23.9. The van der Waals surface area contributed by atoms with Gasteiger partial charge in [0.2, 0.25) is 0 Å². The number of carbonyl (C=O) groups is 4. The number of alkyl carbamates (subject to hydrolysis) is 2. The minimum absolute atomic E-state index is 0.0327. The van der Waals surface area contributed by atoms with Crippen LogP contribution in [0.5, 0.6) is 0 Å². The van der Waals surface area contributed by atoms with E-state index in [0.717, 1.165) is 0 Å². The van der Waals surface area contributed by atoms with Crippen molar-refractivity contribution in [2.45, 2.75) is 27.2 Å². The molecule has 0 aliphatic heterocycles. The number of aliphatic hydroxyl groups excluding tert-OH is 1. The standard InChI is InChI=1S/C20H32N2O9/c1-6-20(11-23,12-30-18(26)21-7-9-28-16(24)14(2)3)13-31-19(27)22-8-10-29-17(25)15(4)5/h23H,2,4,6-13H2,1,3,5H3,(H,21,26)(H,22,27). The largest absolute Gasteiger partial charge is 0.460 e. The Hall–Kier alpha value is -3.08. The van der Waals surface area contributed by atoms with Gasteiger partial charge in [-0.2, -0.15) is 0 Å². The molecule has 0 aliphatic carbocycles. The van der Waals surface area contributed by atoms with E-state index in [0.29, 0.717) is 6.42 Å².